The number of carboxylic acids is 3. The number of alkyl halides is 2. The fourth-order valence-corrected chi connectivity index (χ4v) is 14.2. The maximum absolute atomic E-state index is 14.2. The first-order valence-corrected chi connectivity index (χ1v) is 34.9. The number of carbonyl (C=O) groups is 10. The fourth-order valence-electron chi connectivity index (χ4n) is 12.4. The van der Waals surface area contributed by atoms with Gasteiger partial charge in [0.25, 0.3) is 11.8 Å². The number of aromatic nitrogens is 1. The lowest BCUT2D eigenvalue weighted by Gasteiger charge is -2.34. The second-order valence-corrected chi connectivity index (χ2v) is 27.9. The quantitative estimate of drug-likeness (QED) is 0.0286. The molecule has 0 bridgehead atoms. The van der Waals surface area contributed by atoms with E-state index in [1.807, 2.05) is 17.0 Å². The number of unbranched alkanes of at least 4 members (excludes halogenated alkanes) is 2. The molecule has 30 heteroatoms. The van der Waals surface area contributed by atoms with Crippen LogP contribution in [0.5, 0.6) is 5.75 Å². The predicted octanol–water partition coefficient (Wildman–Crippen LogP) is 3.88. The van der Waals surface area contributed by atoms with Crippen LogP contribution < -0.4 is 20.7 Å². The van der Waals surface area contributed by atoms with Crippen molar-refractivity contribution in [3.05, 3.63) is 69.4 Å². The zero-order chi connectivity index (χ0) is 69.3. The number of rotatable bonds is 33. The Morgan fingerprint density at radius 3 is 2.01 bits per heavy atom. The molecule has 0 aliphatic carbocycles. The number of aliphatic carboxylic acids is 3. The minimum Gasteiger partial charge on any atom is -0.494 e. The molecule has 3 aromatic rings. The standard InChI is InChI=1S/C66H89F2IN12O14S/c1-45(64(93)79-22-18-47(19-23-79)8-6-32-95-50-15-16-54-53(33-50)52(17-21-71-54)63(92)74-38-59(85)81-44-66(67,68)35-49(81)36-70)39-80-58(84)34-55(65(80)94)96-51(9-3-2-4-20-72-56(82)10-5-7-46-11-13-48(69)14-12-46)37-73-57(83)40-75-24-26-76(41-60(86)87)28-30-78(43-62(90)91)31-29-77(27-25-75)42-61(88)89/h11-17,21,33,45,47,49,51,55H,2-10,18-20,22-32,34-35,37-44H2,1H3,(H,72,82)(H,73,83)(H,74,92)(H,86,87)(H,88,89)(H,90,91)/t45-,49-,51?,55?/m1/s1. The summed E-state index contributed by atoms with van der Waals surface area (Å²) >= 11 is 3.57. The summed E-state index contributed by atoms with van der Waals surface area (Å²) in [6, 6.07) is 15.2. The van der Waals surface area contributed by atoms with Gasteiger partial charge in [0.05, 0.1) is 74.2 Å². The number of aryl methyl sites for hydroxylation is 1. The van der Waals surface area contributed by atoms with E-state index in [1.165, 1.54) is 34.5 Å². The van der Waals surface area contributed by atoms with Gasteiger partial charge in [0.2, 0.25) is 35.4 Å². The minimum atomic E-state index is -3.19. The monoisotopic (exact) mass is 1470 g/mol. The van der Waals surface area contributed by atoms with Crippen molar-refractivity contribution < 1.29 is 76.8 Å². The zero-order valence-electron chi connectivity index (χ0n) is 54.3. The highest BCUT2D eigenvalue weighted by molar-refractivity contribution is 14.1. The summed E-state index contributed by atoms with van der Waals surface area (Å²) in [5.41, 5.74) is 1.86. The molecule has 0 radical (unpaired) electrons. The zero-order valence-corrected chi connectivity index (χ0v) is 57.3. The predicted molar refractivity (Wildman–Crippen MR) is 360 cm³/mol. The molecule has 2 aromatic carbocycles. The molecule has 4 fully saturated rings. The number of piperidine rings is 1. The molecular weight excluding hydrogens is 1380 g/mol. The van der Waals surface area contributed by atoms with Crippen LogP contribution >= 0.6 is 34.4 Å². The van der Waals surface area contributed by atoms with Gasteiger partial charge in [-0.05, 0) is 122 Å². The van der Waals surface area contributed by atoms with Gasteiger partial charge in [0.1, 0.15) is 11.8 Å². The average Bonchev–Trinajstić information content (AvgIpc) is 1.28. The van der Waals surface area contributed by atoms with Crippen molar-refractivity contribution in [3.8, 4) is 11.8 Å². The molecular formula is C66H89F2IN12O14S. The van der Waals surface area contributed by atoms with Gasteiger partial charge in [-0.3, -0.25) is 77.4 Å². The highest BCUT2D eigenvalue weighted by Gasteiger charge is 2.47. The van der Waals surface area contributed by atoms with Gasteiger partial charge in [-0.15, -0.1) is 11.8 Å². The van der Waals surface area contributed by atoms with E-state index < -0.39 is 84.2 Å². The van der Waals surface area contributed by atoms with Crippen molar-refractivity contribution in [2.45, 2.75) is 113 Å². The molecule has 96 heavy (non-hydrogen) atoms. The van der Waals surface area contributed by atoms with Gasteiger partial charge in [-0.25, -0.2) is 8.78 Å². The first-order chi connectivity index (χ1) is 45.9. The largest absolute Gasteiger partial charge is 0.494 e. The Hall–Kier alpha value is -7.18. The normalized spacial score (nSPS) is 19.4. The second-order valence-electron chi connectivity index (χ2n) is 25.2. The van der Waals surface area contributed by atoms with E-state index in [1.54, 1.807) is 50.8 Å². The summed E-state index contributed by atoms with van der Waals surface area (Å²) in [5.74, 6) is -9.05. The number of imide groups is 1. The number of pyridine rings is 1. The molecule has 0 spiro atoms. The van der Waals surface area contributed by atoms with E-state index in [4.69, 9.17) is 4.74 Å². The van der Waals surface area contributed by atoms with Crippen molar-refractivity contribution in [1.82, 2.24) is 55.2 Å². The lowest BCUT2D eigenvalue weighted by Crippen LogP contribution is -2.50. The number of fused-ring (bicyclic) bond motifs is 1. The molecule has 5 heterocycles. The topological polar surface area (TPSA) is 336 Å². The number of nitriles is 1. The van der Waals surface area contributed by atoms with E-state index in [2.05, 4.69) is 55.7 Å². The van der Waals surface area contributed by atoms with Crippen LogP contribution in [-0.2, 0) is 49.6 Å². The van der Waals surface area contributed by atoms with Crippen LogP contribution in [0.25, 0.3) is 10.9 Å². The Balaban J connectivity index is 0.879. The van der Waals surface area contributed by atoms with Crippen LogP contribution in [0.4, 0.5) is 8.78 Å². The van der Waals surface area contributed by atoms with Crippen LogP contribution in [0.3, 0.4) is 0 Å². The third-order valence-electron chi connectivity index (χ3n) is 17.7. The number of carboxylic acid groups (broad SMARTS) is 3. The Labute approximate surface area is 575 Å². The van der Waals surface area contributed by atoms with Crippen LogP contribution in [0.15, 0.2) is 54.7 Å². The van der Waals surface area contributed by atoms with E-state index in [9.17, 15) is 77.3 Å². The highest BCUT2D eigenvalue weighted by atomic mass is 127. The summed E-state index contributed by atoms with van der Waals surface area (Å²) in [6.45, 7) is 2.94. The molecule has 26 nitrogen and oxygen atoms in total. The summed E-state index contributed by atoms with van der Waals surface area (Å²) in [7, 11) is 0. The number of halogens is 3. The molecule has 4 saturated heterocycles. The molecule has 2 unspecified atom stereocenters. The van der Waals surface area contributed by atoms with Gasteiger partial charge < -0.3 is 45.8 Å². The summed E-state index contributed by atoms with van der Waals surface area (Å²) < 4.78 is 35.1. The van der Waals surface area contributed by atoms with E-state index in [0.717, 1.165) is 47.0 Å². The average molecular weight is 1470 g/mol. The molecule has 6 N–H and O–H groups in total. The molecule has 524 valence electrons. The third-order valence-corrected chi connectivity index (χ3v) is 19.9. The lowest BCUT2D eigenvalue weighted by molar-refractivity contribution is -0.143. The van der Waals surface area contributed by atoms with Crippen LogP contribution in [0, 0.1) is 26.7 Å². The Morgan fingerprint density at radius 2 is 1.40 bits per heavy atom. The SMILES string of the molecule is C[C@H](CN1C(=O)CC(SC(CCCCCNC(=O)CCCc2ccc(I)cc2)CNC(=O)CN2CCN(CC(=O)O)CCN(CC(=O)O)CCN(CC(=O)O)CC2)C1=O)C(=O)N1CCC(CCCOc2ccc3nccc(C(=O)NCC(=O)N4CC(F)(F)C[C@@H]4C#N)c3c2)CC1. The maximum Gasteiger partial charge on any atom is 0.317 e. The number of amides is 7. The van der Waals surface area contributed by atoms with Gasteiger partial charge in [0.15, 0.2) is 0 Å². The number of nitrogens with one attached hydrogen (secondary N) is 3. The number of nitrogens with zero attached hydrogens (tertiary/aromatic N) is 9. The van der Waals surface area contributed by atoms with E-state index >= 15 is 0 Å². The molecule has 0 saturated carbocycles. The summed E-state index contributed by atoms with van der Waals surface area (Å²) in [5, 5.41) is 46.1. The van der Waals surface area contributed by atoms with Gasteiger partial charge in [0, 0.05) is 125 Å². The van der Waals surface area contributed by atoms with Crippen LogP contribution in [-0.4, -0.2) is 267 Å². The first-order valence-electron chi connectivity index (χ1n) is 32.9. The minimum absolute atomic E-state index is 0.0263. The van der Waals surface area contributed by atoms with E-state index in [-0.39, 0.29) is 127 Å². The number of ether oxygens (including phenoxy) is 1. The summed E-state index contributed by atoms with van der Waals surface area (Å²) in [6.07, 6.45) is 8.19. The Morgan fingerprint density at radius 1 is 0.771 bits per heavy atom. The molecule has 7 rings (SSSR count). The van der Waals surface area contributed by atoms with Gasteiger partial charge in [-0.1, -0.05) is 31.9 Å². The molecule has 7 amide bonds. The molecule has 1 aromatic heterocycles. The number of hydrogen-bond acceptors (Lipinski definition) is 18. The number of thioether (sulfide) groups is 1. The first kappa shape index (κ1) is 76.2. The number of hydrogen-bond donors (Lipinski definition) is 6. The fraction of sp³-hybridized carbons (Fsp3) is 0.606. The Bertz CT molecular complexity index is 3200. The Kier molecular flexibility index (Phi) is 30.2. The third kappa shape index (κ3) is 25.0. The smallest absolute Gasteiger partial charge is 0.317 e. The van der Waals surface area contributed by atoms with E-state index in [0.29, 0.717) is 80.9 Å². The van der Waals surface area contributed by atoms with Crippen molar-refractivity contribution in [3.63, 3.8) is 0 Å². The van der Waals surface area contributed by atoms with Crippen molar-refractivity contribution >= 4 is 105 Å². The number of carbonyl (C=O) groups excluding carboxylic acids is 7. The van der Waals surface area contributed by atoms with Crippen molar-refractivity contribution in [1.29, 1.82) is 5.26 Å². The van der Waals surface area contributed by atoms with Crippen molar-refractivity contribution in [2.75, 3.05) is 131 Å². The maximum atomic E-state index is 14.2. The highest BCUT2D eigenvalue weighted by Crippen LogP contribution is 2.34. The van der Waals surface area contributed by atoms with Crippen molar-refractivity contribution in [2.24, 2.45) is 11.8 Å². The van der Waals surface area contributed by atoms with Crippen LogP contribution in [0.2, 0.25) is 0 Å². The van der Waals surface area contributed by atoms with Crippen LogP contribution in [0.1, 0.15) is 99.9 Å². The molecule has 4 aliphatic heterocycles. The molecule has 4 aliphatic rings. The molecule has 4 atom stereocenters. The number of likely N-dealkylation sites (tertiary alicyclic amines) is 3. The van der Waals surface area contributed by atoms with Gasteiger partial charge in [-0.2, -0.15) is 5.26 Å². The number of benzene rings is 2. The second kappa shape index (κ2) is 38.1. The summed E-state index contributed by atoms with van der Waals surface area (Å²) in [4.78, 5) is 145. The van der Waals surface area contributed by atoms with Gasteiger partial charge >= 0.3 is 17.9 Å². The lowest BCUT2D eigenvalue weighted by atomic mass is 9.91.